The molecule has 10 nitrogen and oxygen atoms in total. The highest BCUT2D eigenvalue weighted by Crippen LogP contribution is 2.52. The minimum absolute atomic E-state index is 0.00207. The van der Waals surface area contributed by atoms with E-state index in [1.165, 1.54) is 26.4 Å². The summed E-state index contributed by atoms with van der Waals surface area (Å²) < 4.78 is 33.7. The topological polar surface area (TPSA) is 136 Å². The monoisotopic (exact) mass is 547 g/mol. The third kappa shape index (κ3) is 4.54. The number of rotatable bonds is 7. The predicted molar refractivity (Wildman–Crippen MR) is 141 cm³/mol. The van der Waals surface area contributed by atoms with Crippen LogP contribution in [0.1, 0.15) is 28.2 Å². The molecule has 1 fully saturated rings. The normalized spacial score (nSPS) is 21.2. The Hall–Kier alpha value is -4.44. The minimum Gasteiger partial charge on any atom is -0.508 e. The van der Waals surface area contributed by atoms with Gasteiger partial charge in [0.1, 0.15) is 11.8 Å². The molecule has 208 valence electrons. The van der Waals surface area contributed by atoms with Gasteiger partial charge in [-0.1, -0.05) is 12.1 Å². The van der Waals surface area contributed by atoms with Crippen molar-refractivity contribution >= 4 is 11.9 Å². The molecule has 0 amide bonds. The Labute approximate surface area is 230 Å². The number of esters is 2. The Morgan fingerprint density at radius 1 is 1.02 bits per heavy atom. The van der Waals surface area contributed by atoms with Gasteiger partial charge >= 0.3 is 11.9 Å². The Balaban J connectivity index is 1.35. The Morgan fingerprint density at radius 2 is 1.70 bits per heavy atom. The molecule has 4 atom stereocenters. The van der Waals surface area contributed by atoms with E-state index in [1.54, 1.807) is 24.3 Å². The molecule has 3 aromatic rings. The third-order valence-corrected chi connectivity index (χ3v) is 7.77. The molecular formula is C30H29NO9. The number of nitrogens with two attached hydrogens (primary N) is 1. The summed E-state index contributed by atoms with van der Waals surface area (Å²) in [6.45, 7) is 0.491. The average molecular weight is 548 g/mol. The molecule has 10 heteroatoms. The zero-order valence-corrected chi connectivity index (χ0v) is 22.0. The summed E-state index contributed by atoms with van der Waals surface area (Å²) >= 11 is 0. The van der Waals surface area contributed by atoms with Gasteiger partial charge in [0.05, 0.1) is 26.7 Å². The van der Waals surface area contributed by atoms with E-state index in [1.807, 2.05) is 12.1 Å². The summed E-state index contributed by atoms with van der Waals surface area (Å²) in [7, 11) is 2.93. The van der Waals surface area contributed by atoms with Crippen molar-refractivity contribution in [2.75, 3.05) is 27.6 Å². The van der Waals surface area contributed by atoms with Crippen LogP contribution in [-0.2, 0) is 27.2 Å². The first kappa shape index (κ1) is 25.8. The van der Waals surface area contributed by atoms with E-state index in [-0.39, 0.29) is 54.0 Å². The van der Waals surface area contributed by atoms with E-state index >= 15 is 0 Å². The van der Waals surface area contributed by atoms with Crippen molar-refractivity contribution in [3.05, 3.63) is 70.8 Å². The zero-order valence-electron chi connectivity index (χ0n) is 22.0. The summed E-state index contributed by atoms with van der Waals surface area (Å²) in [6, 6.07) is 12.9. The largest absolute Gasteiger partial charge is 0.508 e. The molecule has 0 saturated carbocycles. The Bertz CT molecular complexity index is 1440. The van der Waals surface area contributed by atoms with Crippen molar-refractivity contribution in [3.63, 3.8) is 0 Å². The molecule has 40 heavy (non-hydrogen) atoms. The number of phenolic OH excluding ortho intramolecular Hbond substituents is 1. The van der Waals surface area contributed by atoms with Crippen molar-refractivity contribution in [3.8, 4) is 34.5 Å². The molecular weight excluding hydrogens is 518 g/mol. The van der Waals surface area contributed by atoms with Crippen molar-refractivity contribution in [2.45, 2.75) is 24.8 Å². The zero-order chi connectivity index (χ0) is 28.0. The lowest BCUT2D eigenvalue weighted by Gasteiger charge is -2.34. The first-order valence-electron chi connectivity index (χ1n) is 13.0. The van der Waals surface area contributed by atoms with Gasteiger partial charge in [-0.2, -0.15) is 0 Å². The van der Waals surface area contributed by atoms with Crippen LogP contribution in [0.3, 0.4) is 0 Å². The molecule has 3 aliphatic rings. The molecule has 0 radical (unpaired) electrons. The van der Waals surface area contributed by atoms with E-state index < -0.39 is 17.9 Å². The van der Waals surface area contributed by atoms with Crippen LogP contribution in [0, 0.1) is 11.8 Å². The molecule has 6 rings (SSSR count). The van der Waals surface area contributed by atoms with Gasteiger partial charge in [-0.05, 0) is 71.5 Å². The number of carbonyl (C=O) groups is 2. The van der Waals surface area contributed by atoms with Gasteiger partial charge in [-0.25, -0.2) is 4.79 Å². The average Bonchev–Trinajstić information content (AvgIpc) is 3.57. The lowest BCUT2D eigenvalue weighted by molar-refractivity contribution is -0.141. The fraction of sp³-hybridized carbons (Fsp3) is 0.333. The van der Waals surface area contributed by atoms with Gasteiger partial charge in [0, 0.05) is 11.8 Å². The Morgan fingerprint density at radius 3 is 2.38 bits per heavy atom. The molecule has 0 bridgehead atoms. The number of phenols is 1. The van der Waals surface area contributed by atoms with Crippen LogP contribution in [0.2, 0.25) is 0 Å². The molecule has 3 N–H and O–H groups in total. The fourth-order valence-electron chi connectivity index (χ4n) is 5.83. The molecule has 0 spiro atoms. The number of cyclic esters (lactones) is 1. The maximum Gasteiger partial charge on any atom is 0.328 e. The number of aromatic hydroxyl groups is 1. The van der Waals surface area contributed by atoms with Gasteiger partial charge in [0.2, 0.25) is 12.5 Å². The summed E-state index contributed by atoms with van der Waals surface area (Å²) in [4.78, 5) is 25.9. The van der Waals surface area contributed by atoms with Gasteiger partial charge in [0.15, 0.2) is 23.0 Å². The van der Waals surface area contributed by atoms with E-state index in [4.69, 9.17) is 34.2 Å². The molecule has 3 aromatic carbocycles. The second-order valence-electron chi connectivity index (χ2n) is 10.2. The first-order chi connectivity index (χ1) is 19.4. The number of carbonyl (C=O) groups excluding carboxylic acids is 2. The number of fused-ring (bicyclic) bond motifs is 3. The van der Waals surface area contributed by atoms with Crippen molar-refractivity contribution in [1.29, 1.82) is 0 Å². The second-order valence-corrected chi connectivity index (χ2v) is 10.2. The molecule has 1 aliphatic carbocycles. The fourth-order valence-corrected chi connectivity index (χ4v) is 5.83. The maximum absolute atomic E-state index is 13.0. The quantitative estimate of drug-likeness (QED) is 0.335. The Kier molecular flexibility index (Phi) is 6.63. The molecule has 2 aliphatic heterocycles. The molecule has 0 aromatic heterocycles. The second kappa shape index (κ2) is 10.3. The maximum atomic E-state index is 13.0. The lowest BCUT2D eigenvalue weighted by atomic mass is 9.67. The lowest BCUT2D eigenvalue weighted by Crippen LogP contribution is -2.36. The van der Waals surface area contributed by atoms with E-state index in [2.05, 4.69) is 0 Å². The van der Waals surface area contributed by atoms with E-state index in [9.17, 15) is 14.7 Å². The summed E-state index contributed by atoms with van der Waals surface area (Å²) in [6.07, 6.45) is 0.893. The summed E-state index contributed by atoms with van der Waals surface area (Å²) in [5.74, 6) is 0.326. The smallest absolute Gasteiger partial charge is 0.328 e. The third-order valence-electron chi connectivity index (χ3n) is 7.77. The summed E-state index contributed by atoms with van der Waals surface area (Å²) in [5, 5.41) is 9.50. The SMILES string of the molecule is COc1cc([C@@H]2c3cc4c(cc3C[C@H]3COC(=O)[C@@H]32)OCO4)cc(OC)c1OC(=O)C(N)Cc1ccc(O)cc1. The molecule has 2 heterocycles. The van der Waals surface area contributed by atoms with Crippen LogP contribution in [0.25, 0.3) is 0 Å². The van der Waals surface area contributed by atoms with Crippen LogP contribution in [0.5, 0.6) is 34.5 Å². The van der Waals surface area contributed by atoms with Gasteiger partial charge in [0.25, 0.3) is 0 Å². The number of benzene rings is 3. The molecule has 1 unspecified atom stereocenters. The summed E-state index contributed by atoms with van der Waals surface area (Å²) in [5.41, 5.74) is 9.66. The number of hydrogen-bond donors (Lipinski definition) is 2. The van der Waals surface area contributed by atoms with Crippen LogP contribution >= 0.6 is 0 Å². The standard InChI is InChI=1S/C30H29NO9/c1-35-24-10-17(11-25(36-2)28(24)40-29(33)21(31)7-15-3-5-19(32)6-4-15)26-20-12-23-22(38-14-39-23)9-16(20)8-18-13-37-30(34)27(18)26/h3-6,9-12,18,21,26-27,32H,7-8,13-14,31H2,1-2H3/t18-,21?,26+,27-/m0/s1. The number of hydrogen-bond acceptors (Lipinski definition) is 10. The van der Waals surface area contributed by atoms with Crippen LogP contribution < -0.4 is 29.4 Å². The molecule has 1 saturated heterocycles. The van der Waals surface area contributed by atoms with E-state index in [0.29, 0.717) is 24.5 Å². The minimum atomic E-state index is -0.970. The van der Waals surface area contributed by atoms with Crippen molar-refractivity contribution < 1.29 is 43.1 Å². The highest BCUT2D eigenvalue weighted by atomic mass is 16.7. The van der Waals surface area contributed by atoms with Gasteiger partial charge in [-0.3, -0.25) is 4.79 Å². The van der Waals surface area contributed by atoms with Crippen LogP contribution in [-0.4, -0.2) is 50.7 Å². The first-order valence-corrected chi connectivity index (χ1v) is 13.0. The van der Waals surface area contributed by atoms with Gasteiger partial charge < -0.3 is 39.3 Å². The van der Waals surface area contributed by atoms with Crippen LogP contribution in [0.15, 0.2) is 48.5 Å². The van der Waals surface area contributed by atoms with Crippen molar-refractivity contribution in [1.82, 2.24) is 0 Å². The van der Waals surface area contributed by atoms with Crippen LogP contribution in [0.4, 0.5) is 0 Å². The predicted octanol–water partition coefficient (Wildman–Crippen LogP) is 3.09. The van der Waals surface area contributed by atoms with Crippen molar-refractivity contribution in [2.24, 2.45) is 17.6 Å². The number of methoxy groups -OCH3 is 2. The number of ether oxygens (including phenoxy) is 6. The van der Waals surface area contributed by atoms with Gasteiger partial charge in [-0.15, -0.1) is 0 Å². The van der Waals surface area contributed by atoms with E-state index in [0.717, 1.165) is 22.3 Å². The highest BCUT2D eigenvalue weighted by Gasteiger charge is 2.48. The highest BCUT2D eigenvalue weighted by molar-refractivity contribution is 5.81.